The highest BCUT2D eigenvalue weighted by molar-refractivity contribution is 8.17. The number of rotatable bonds is 9. The van der Waals surface area contributed by atoms with Crippen molar-refractivity contribution in [2.24, 2.45) is 11.8 Å². The molecule has 0 bridgehead atoms. The molecule has 1 aliphatic carbocycles. The zero-order valence-corrected chi connectivity index (χ0v) is 18.9. The third-order valence-corrected chi connectivity index (χ3v) is 8.76. The van der Waals surface area contributed by atoms with E-state index in [0.717, 1.165) is 12.3 Å². The van der Waals surface area contributed by atoms with E-state index in [9.17, 15) is 0 Å². The lowest BCUT2D eigenvalue weighted by Crippen LogP contribution is -2.47. The van der Waals surface area contributed by atoms with Crippen LogP contribution in [0.5, 0.6) is 0 Å². The number of nitrogens with one attached hydrogen (secondary N) is 6. The molecule has 29 heavy (non-hydrogen) atoms. The third-order valence-electron chi connectivity index (χ3n) is 6.18. The van der Waals surface area contributed by atoms with Gasteiger partial charge in [-0.15, -0.1) is 11.8 Å². The molecule has 0 aromatic carbocycles. The topological polar surface area (TPSA) is 99.9 Å². The van der Waals surface area contributed by atoms with Crippen LogP contribution in [0.2, 0.25) is 0 Å². The van der Waals surface area contributed by atoms with Gasteiger partial charge in [0.15, 0.2) is 0 Å². The van der Waals surface area contributed by atoms with Crippen LogP contribution in [-0.2, 0) is 14.3 Å². The van der Waals surface area contributed by atoms with Crippen LogP contribution in [0.4, 0.5) is 0 Å². The molecule has 6 N–H and O–H groups in total. The molecule has 3 aliphatic heterocycles. The van der Waals surface area contributed by atoms with Crippen LogP contribution < -0.4 is 32.5 Å². The molecule has 3 saturated heterocycles. The van der Waals surface area contributed by atoms with Gasteiger partial charge in [-0.2, -0.15) is 5.48 Å². The van der Waals surface area contributed by atoms with E-state index in [1.807, 2.05) is 23.5 Å². The van der Waals surface area contributed by atoms with Gasteiger partial charge in [0.05, 0.1) is 12.7 Å². The highest BCUT2D eigenvalue weighted by atomic mass is 32.2. The van der Waals surface area contributed by atoms with Crippen molar-refractivity contribution in [2.75, 3.05) is 26.0 Å². The summed E-state index contributed by atoms with van der Waals surface area (Å²) >= 11 is 3.67. The zero-order chi connectivity index (χ0) is 20.1. The summed E-state index contributed by atoms with van der Waals surface area (Å²) in [5.41, 5.74) is 16.8. The molecule has 4 aliphatic rings. The van der Waals surface area contributed by atoms with E-state index in [4.69, 9.17) is 14.3 Å². The van der Waals surface area contributed by atoms with Gasteiger partial charge < -0.3 is 9.47 Å². The maximum absolute atomic E-state index is 6.35. The molecule has 0 amide bonds. The minimum Gasteiger partial charge on any atom is -0.383 e. The van der Waals surface area contributed by atoms with Crippen LogP contribution in [-0.4, -0.2) is 60.8 Å². The fraction of sp³-hybridized carbons (Fsp3) is 1.00. The Balaban J connectivity index is 1.20. The van der Waals surface area contributed by atoms with Gasteiger partial charge >= 0.3 is 0 Å². The predicted octanol–water partition coefficient (Wildman–Crippen LogP) is 0.629. The summed E-state index contributed by atoms with van der Waals surface area (Å²) in [6, 6.07) is 0.367. The van der Waals surface area contributed by atoms with Gasteiger partial charge in [-0.05, 0) is 25.7 Å². The van der Waals surface area contributed by atoms with Crippen molar-refractivity contribution in [2.45, 2.75) is 73.8 Å². The molecule has 7 unspecified atom stereocenters. The van der Waals surface area contributed by atoms with E-state index >= 15 is 0 Å². The summed E-state index contributed by atoms with van der Waals surface area (Å²) in [5.74, 6) is 1.87. The maximum atomic E-state index is 6.35. The molecule has 0 spiro atoms. The van der Waals surface area contributed by atoms with Gasteiger partial charge in [0.1, 0.15) is 22.7 Å². The molecule has 9 nitrogen and oxygen atoms in total. The zero-order valence-electron chi connectivity index (χ0n) is 17.3. The van der Waals surface area contributed by atoms with E-state index in [-0.39, 0.29) is 28.8 Å². The minimum atomic E-state index is -0.0247. The van der Waals surface area contributed by atoms with Gasteiger partial charge in [-0.1, -0.05) is 31.0 Å². The average Bonchev–Trinajstić information content (AvgIpc) is 3.47. The first kappa shape index (κ1) is 22.5. The molecule has 168 valence electrons. The number of hydrogen-bond acceptors (Lipinski definition) is 11. The molecule has 0 aromatic heterocycles. The molecule has 4 fully saturated rings. The van der Waals surface area contributed by atoms with Gasteiger partial charge in [-0.25, -0.2) is 21.7 Å². The second-order valence-electron chi connectivity index (χ2n) is 8.19. The van der Waals surface area contributed by atoms with Crippen molar-refractivity contribution >= 4 is 23.5 Å². The number of hydroxylamine groups is 1. The van der Waals surface area contributed by atoms with Crippen LogP contribution >= 0.6 is 23.5 Å². The van der Waals surface area contributed by atoms with Crippen LogP contribution in [0.15, 0.2) is 0 Å². The Labute approximate surface area is 182 Å². The Bertz CT molecular complexity index is 504. The quantitative estimate of drug-likeness (QED) is 0.280. The lowest BCUT2D eigenvalue weighted by atomic mass is 9.77. The lowest BCUT2D eigenvalue weighted by Gasteiger charge is -2.33. The van der Waals surface area contributed by atoms with Crippen molar-refractivity contribution in [1.29, 1.82) is 0 Å². The van der Waals surface area contributed by atoms with Crippen LogP contribution in [0, 0.1) is 11.8 Å². The van der Waals surface area contributed by atoms with Crippen LogP contribution in [0.3, 0.4) is 0 Å². The first-order chi connectivity index (χ1) is 14.2. The summed E-state index contributed by atoms with van der Waals surface area (Å²) in [4.78, 5) is 5.83. The Morgan fingerprint density at radius 1 is 1.14 bits per heavy atom. The van der Waals surface area contributed by atoms with Crippen LogP contribution in [0.1, 0.15) is 39.0 Å². The minimum absolute atomic E-state index is 0.00675. The van der Waals surface area contributed by atoms with Gasteiger partial charge in [-0.3, -0.25) is 10.2 Å². The molecule has 11 heteroatoms. The first-order valence-corrected chi connectivity index (χ1v) is 12.8. The second kappa shape index (κ2) is 11.3. The Hall–Kier alpha value is 0.340. The monoisotopic (exact) mass is 448 g/mol. The van der Waals surface area contributed by atoms with Crippen molar-refractivity contribution in [3.8, 4) is 0 Å². The van der Waals surface area contributed by atoms with E-state index < -0.39 is 0 Å². The first-order valence-electron chi connectivity index (χ1n) is 10.8. The molecule has 7 atom stereocenters. The maximum Gasteiger partial charge on any atom is 0.131 e. The summed E-state index contributed by atoms with van der Waals surface area (Å²) < 4.78 is 11.7. The van der Waals surface area contributed by atoms with Gasteiger partial charge in [0.25, 0.3) is 0 Å². The summed E-state index contributed by atoms with van der Waals surface area (Å²) in [7, 11) is 1.72. The highest BCUT2D eigenvalue weighted by Crippen LogP contribution is 2.37. The van der Waals surface area contributed by atoms with Crippen molar-refractivity contribution in [1.82, 2.24) is 32.5 Å². The van der Waals surface area contributed by atoms with Gasteiger partial charge in [0.2, 0.25) is 0 Å². The normalized spacial score (nSPS) is 41.4. The van der Waals surface area contributed by atoms with Crippen LogP contribution in [0.25, 0.3) is 0 Å². The van der Waals surface area contributed by atoms with Crippen molar-refractivity contribution in [3.05, 3.63) is 0 Å². The second-order valence-corrected chi connectivity index (χ2v) is 10.8. The fourth-order valence-electron chi connectivity index (χ4n) is 4.64. The molecule has 4 rings (SSSR count). The fourth-order valence-corrected chi connectivity index (χ4v) is 6.92. The standard InChI is InChI=1S/C18H36N6O3S2/c1-11-14(15(24-27-11)12-6-4-3-5-7-12)16-21-20-13(26-16)10-28-18-23-22-17(29-18)19-8-9-25-2/h11-24H,3-10H2,1-2H3. The Morgan fingerprint density at radius 2 is 2.00 bits per heavy atom. The van der Waals surface area contributed by atoms with E-state index in [1.165, 1.54) is 32.1 Å². The summed E-state index contributed by atoms with van der Waals surface area (Å²) in [6.45, 7) is 3.69. The van der Waals surface area contributed by atoms with Crippen molar-refractivity contribution in [3.63, 3.8) is 0 Å². The Morgan fingerprint density at radius 3 is 2.83 bits per heavy atom. The number of ether oxygens (including phenoxy) is 2. The number of hydrogen-bond donors (Lipinski definition) is 6. The Kier molecular flexibility index (Phi) is 8.76. The predicted molar refractivity (Wildman–Crippen MR) is 116 cm³/mol. The lowest BCUT2D eigenvalue weighted by molar-refractivity contribution is -0.0228. The molecule has 0 radical (unpaired) electrons. The summed E-state index contributed by atoms with van der Waals surface area (Å²) in [6.07, 6.45) is 6.73. The number of thioether (sulfide) groups is 2. The average molecular weight is 449 g/mol. The molecule has 1 saturated carbocycles. The molecule has 0 aromatic rings. The van der Waals surface area contributed by atoms with E-state index in [2.05, 4.69) is 39.4 Å². The molecule has 3 heterocycles. The molecular formula is C18H36N6O3S2. The highest BCUT2D eigenvalue weighted by Gasteiger charge is 2.47. The third kappa shape index (κ3) is 5.98. The summed E-state index contributed by atoms with van der Waals surface area (Å²) in [5, 5.41) is 3.40. The van der Waals surface area contributed by atoms with E-state index in [0.29, 0.717) is 24.5 Å². The van der Waals surface area contributed by atoms with Crippen molar-refractivity contribution < 1.29 is 14.3 Å². The van der Waals surface area contributed by atoms with Gasteiger partial charge in [0, 0.05) is 31.4 Å². The number of hydrazine groups is 2. The smallest absolute Gasteiger partial charge is 0.131 e. The largest absolute Gasteiger partial charge is 0.383 e. The SMILES string of the molecule is COCCNC1NNC(SCC2NNC(C3C(C)ONC3C3CCCCC3)O2)S1. The van der Waals surface area contributed by atoms with E-state index in [1.54, 1.807) is 7.11 Å². The number of methoxy groups -OCH3 is 1. The molecular weight excluding hydrogens is 412 g/mol.